The van der Waals surface area contributed by atoms with E-state index in [1.54, 1.807) is 12.3 Å². The quantitative estimate of drug-likeness (QED) is 0.860. The van der Waals surface area contributed by atoms with Gasteiger partial charge in [-0.1, -0.05) is 0 Å². The van der Waals surface area contributed by atoms with E-state index in [0.717, 1.165) is 31.9 Å². The number of piperazine rings is 1. The number of rotatable bonds is 4. The summed E-state index contributed by atoms with van der Waals surface area (Å²) in [5, 5.41) is 3.26. The number of nitrogens with one attached hydrogen (secondary N) is 1. The summed E-state index contributed by atoms with van der Waals surface area (Å²) < 4.78 is 28.7. The predicted molar refractivity (Wildman–Crippen MR) is 60.8 cm³/mol. The van der Waals surface area contributed by atoms with Gasteiger partial charge in [0.2, 0.25) is 5.88 Å². The van der Waals surface area contributed by atoms with Crippen LogP contribution in [0.2, 0.25) is 0 Å². The molecule has 1 aromatic heterocycles. The summed E-state index contributed by atoms with van der Waals surface area (Å²) in [7, 11) is 0. The summed E-state index contributed by atoms with van der Waals surface area (Å²) in [5.74, 6) is 0.240. The lowest BCUT2D eigenvalue weighted by Gasteiger charge is -2.29. The van der Waals surface area contributed by atoms with E-state index in [9.17, 15) is 8.78 Å². The minimum Gasteiger partial charge on any atom is -0.472 e. The summed E-state index contributed by atoms with van der Waals surface area (Å²) in [6, 6.07) is 3.47. The number of hydrogen-bond acceptors (Lipinski definition) is 4. The zero-order chi connectivity index (χ0) is 12.1. The fourth-order valence-electron chi connectivity index (χ4n) is 1.72. The lowest BCUT2D eigenvalue weighted by atomic mass is 10.3. The molecule has 1 aliphatic heterocycles. The van der Waals surface area contributed by atoms with Crippen LogP contribution in [0.5, 0.6) is 5.88 Å². The number of aromatic nitrogens is 1. The number of hydrogen-bond donors (Lipinski definition) is 1. The Morgan fingerprint density at radius 3 is 2.71 bits per heavy atom. The fourth-order valence-corrected chi connectivity index (χ4v) is 1.72. The van der Waals surface area contributed by atoms with Crippen LogP contribution in [0.25, 0.3) is 0 Å². The zero-order valence-corrected chi connectivity index (χ0v) is 9.40. The molecule has 0 amide bonds. The Labute approximate surface area is 98.6 Å². The van der Waals surface area contributed by atoms with Gasteiger partial charge in [-0.25, -0.2) is 13.8 Å². The molecule has 1 aliphatic rings. The monoisotopic (exact) mass is 243 g/mol. The van der Waals surface area contributed by atoms with Crippen LogP contribution in [0, 0.1) is 0 Å². The van der Waals surface area contributed by atoms with Crippen LogP contribution in [0.1, 0.15) is 0 Å². The third kappa shape index (κ3) is 3.52. The molecule has 2 rings (SSSR count). The highest BCUT2D eigenvalue weighted by Crippen LogP contribution is 2.16. The van der Waals surface area contributed by atoms with Crippen molar-refractivity contribution in [3.63, 3.8) is 0 Å². The number of anilines is 1. The molecular formula is C11H15F2N3O. The molecule has 0 bridgehead atoms. The standard InChI is InChI=1S/C11H15F2N3O/c12-10(13)8-17-11-2-1-9(7-15-11)16-5-3-14-4-6-16/h1-2,7,10,14H,3-6,8H2. The molecule has 6 heteroatoms. The minimum atomic E-state index is -2.47. The maximum atomic E-state index is 11.9. The first-order valence-corrected chi connectivity index (χ1v) is 5.58. The molecule has 17 heavy (non-hydrogen) atoms. The molecule has 4 nitrogen and oxygen atoms in total. The number of alkyl halides is 2. The van der Waals surface area contributed by atoms with Crippen LogP contribution < -0.4 is 15.0 Å². The van der Waals surface area contributed by atoms with Gasteiger partial charge in [0.05, 0.1) is 11.9 Å². The van der Waals surface area contributed by atoms with Gasteiger partial charge in [-0.05, 0) is 6.07 Å². The van der Waals surface area contributed by atoms with Gasteiger partial charge in [-0.15, -0.1) is 0 Å². The number of halogens is 2. The van der Waals surface area contributed by atoms with E-state index in [1.165, 1.54) is 0 Å². The van der Waals surface area contributed by atoms with Crippen LogP contribution in [0.3, 0.4) is 0 Å². The molecule has 94 valence electrons. The average molecular weight is 243 g/mol. The highest BCUT2D eigenvalue weighted by Gasteiger charge is 2.11. The van der Waals surface area contributed by atoms with Crippen LogP contribution in [0.4, 0.5) is 14.5 Å². The molecule has 0 saturated carbocycles. The van der Waals surface area contributed by atoms with Crippen molar-refractivity contribution in [3.05, 3.63) is 18.3 Å². The molecule has 0 aliphatic carbocycles. The third-order valence-corrected chi connectivity index (χ3v) is 2.56. The Hall–Kier alpha value is -1.43. The smallest absolute Gasteiger partial charge is 0.272 e. The third-order valence-electron chi connectivity index (χ3n) is 2.56. The zero-order valence-electron chi connectivity index (χ0n) is 9.40. The molecule has 1 saturated heterocycles. The molecule has 1 fully saturated rings. The van der Waals surface area contributed by atoms with E-state index in [-0.39, 0.29) is 5.88 Å². The number of pyridine rings is 1. The summed E-state index contributed by atoms with van der Waals surface area (Å²) >= 11 is 0. The Kier molecular flexibility index (Phi) is 4.08. The van der Waals surface area contributed by atoms with E-state index in [0.29, 0.717) is 0 Å². The number of ether oxygens (including phenoxy) is 1. The molecule has 1 N–H and O–H groups in total. The Bertz CT molecular complexity index is 339. The van der Waals surface area contributed by atoms with Gasteiger partial charge in [0, 0.05) is 32.2 Å². The topological polar surface area (TPSA) is 37.4 Å². The highest BCUT2D eigenvalue weighted by molar-refractivity contribution is 5.45. The van der Waals surface area contributed by atoms with Crippen LogP contribution in [0.15, 0.2) is 18.3 Å². The van der Waals surface area contributed by atoms with Crippen LogP contribution >= 0.6 is 0 Å². The molecule has 0 radical (unpaired) electrons. The summed E-state index contributed by atoms with van der Waals surface area (Å²) in [6.07, 6.45) is -0.809. The SMILES string of the molecule is FC(F)COc1ccc(N2CCNCC2)cn1. The van der Waals surface area contributed by atoms with Crippen molar-refractivity contribution in [1.29, 1.82) is 0 Å². The van der Waals surface area contributed by atoms with Crippen molar-refractivity contribution in [3.8, 4) is 5.88 Å². The maximum absolute atomic E-state index is 11.9. The van der Waals surface area contributed by atoms with Crippen molar-refractivity contribution in [2.75, 3.05) is 37.7 Å². The van der Waals surface area contributed by atoms with Gasteiger partial charge >= 0.3 is 0 Å². The Morgan fingerprint density at radius 2 is 2.12 bits per heavy atom. The molecule has 1 aromatic rings. The Balaban J connectivity index is 1.92. The summed E-state index contributed by atoms with van der Waals surface area (Å²) in [5.41, 5.74) is 0.996. The second kappa shape index (κ2) is 5.77. The first-order valence-electron chi connectivity index (χ1n) is 5.58. The first kappa shape index (κ1) is 12.0. The second-order valence-electron chi connectivity index (χ2n) is 3.79. The molecule has 0 spiro atoms. The lowest BCUT2D eigenvalue weighted by molar-refractivity contribution is 0.0796. The lowest BCUT2D eigenvalue weighted by Crippen LogP contribution is -2.43. The normalized spacial score (nSPS) is 16.3. The van der Waals surface area contributed by atoms with Crippen molar-refractivity contribution < 1.29 is 13.5 Å². The van der Waals surface area contributed by atoms with Crippen molar-refractivity contribution >= 4 is 5.69 Å². The maximum Gasteiger partial charge on any atom is 0.272 e. The number of nitrogens with zero attached hydrogens (tertiary/aromatic N) is 2. The molecule has 0 unspecified atom stereocenters. The van der Waals surface area contributed by atoms with Crippen LogP contribution in [-0.2, 0) is 0 Å². The minimum absolute atomic E-state index is 0.240. The molecular weight excluding hydrogens is 228 g/mol. The highest BCUT2D eigenvalue weighted by atomic mass is 19.3. The van der Waals surface area contributed by atoms with Crippen molar-refractivity contribution in [2.45, 2.75) is 6.43 Å². The van der Waals surface area contributed by atoms with Crippen LogP contribution in [-0.4, -0.2) is 44.2 Å². The van der Waals surface area contributed by atoms with Crippen molar-refractivity contribution in [2.24, 2.45) is 0 Å². The second-order valence-corrected chi connectivity index (χ2v) is 3.79. The van der Waals surface area contributed by atoms with E-state index in [2.05, 4.69) is 15.2 Å². The average Bonchev–Trinajstić information content (AvgIpc) is 2.38. The van der Waals surface area contributed by atoms with Gasteiger partial charge in [0.15, 0.2) is 6.61 Å². The van der Waals surface area contributed by atoms with Gasteiger partial charge in [-0.3, -0.25) is 0 Å². The summed E-state index contributed by atoms with van der Waals surface area (Å²) in [6.45, 7) is 3.14. The predicted octanol–water partition coefficient (Wildman–Crippen LogP) is 1.14. The largest absolute Gasteiger partial charge is 0.472 e. The van der Waals surface area contributed by atoms with Crippen molar-refractivity contribution in [1.82, 2.24) is 10.3 Å². The van der Waals surface area contributed by atoms with E-state index in [1.807, 2.05) is 6.07 Å². The van der Waals surface area contributed by atoms with E-state index < -0.39 is 13.0 Å². The van der Waals surface area contributed by atoms with Gasteiger partial charge < -0.3 is 15.0 Å². The van der Waals surface area contributed by atoms with Gasteiger partial charge in [0.25, 0.3) is 6.43 Å². The molecule has 0 atom stereocenters. The molecule has 2 heterocycles. The molecule has 0 aromatic carbocycles. The fraction of sp³-hybridized carbons (Fsp3) is 0.545. The van der Waals surface area contributed by atoms with E-state index in [4.69, 9.17) is 4.74 Å². The summed E-state index contributed by atoms with van der Waals surface area (Å²) in [4.78, 5) is 6.20. The Morgan fingerprint density at radius 1 is 1.35 bits per heavy atom. The van der Waals surface area contributed by atoms with Gasteiger partial charge in [0.1, 0.15) is 0 Å². The van der Waals surface area contributed by atoms with Gasteiger partial charge in [-0.2, -0.15) is 0 Å². The van der Waals surface area contributed by atoms with E-state index >= 15 is 0 Å². The first-order chi connectivity index (χ1) is 8.25.